The monoisotopic (exact) mass is 501 g/mol. The highest BCUT2D eigenvalue weighted by Gasteiger charge is 2.60. The first-order valence-electron chi connectivity index (χ1n) is 10.6. The second-order valence-electron chi connectivity index (χ2n) is 8.04. The van der Waals surface area contributed by atoms with E-state index in [1.165, 1.54) is 52.7 Å². The predicted octanol–water partition coefficient (Wildman–Crippen LogP) is 3.59. The summed E-state index contributed by atoms with van der Waals surface area (Å²) >= 11 is 2.99. The van der Waals surface area contributed by atoms with Gasteiger partial charge < -0.3 is 14.7 Å². The van der Waals surface area contributed by atoms with Crippen LogP contribution in [0.4, 0.5) is 5.69 Å². The Labute approximate surface area is 204 Å². The summed E-state index contributed by atoms with van der Waals surface area (Å²) in [5, 5.41) is 22.4. The van der Waals surface area contributed by atoms with E-state index >= 15 is 0 Å². The molecule has 4 rings (SSSR count). The number of hydrogen-bond acceptors (Lipinski definition) is 9. The number of benzene rings is 1. The van der Waals surface area contributed by atoms with E-state index in [1.807, 2.05) is 25.1 Å². The number of pyridine rings is 1. The Morgan fingerprint density at radius 2 is 2.00 bits per heavy atom. The van der Waals surface area contributed by atoms with Crippen LogP contribution in [0.2, 0.25) is 0 Å². The van der Waals surface area contributed by atoms with E-state index in [1.54, 1.807) is 13.1 Å². The van der Waals surface area contributed by atoms with Gasteiger partial charge in [0.05, 0.1) is 28.0 Å². The van der Waals surface area contributed by atoms with Crippen molar-refractivity contribution < 1.29 is 24.4 Å². The quantitative estimate of drug-likeness (QED) is 0.137. The number of carbonyl (C=O) groups is 2. The molecule has 1 N–H and O–H groups in total. The number of esters is 1. The SMILES string of the molecule is C[C@@H](O)[C@H]1C(=O)N2C(C(=O)OCc3ccc([N+](=O)[O-])cc3)=C(SCSc3ccccn3)[C@H](C)[C@H]12. The van der Waals surface area contributed by atoms with E-state index in [-0.39, 0.29) is 35.9 Å². The molecule has 2 aromatic rings. The number of amides is 1. The number of fused-ring (bicyclic) bond motifs is 1. The van der Waals surface area contributed by atoms with Crippen molar-refractivity contribution in [1.29, 1.82) is 0 Å². The van der Waals surface area contributed by atoms with Crippen molar-refractivity contribution in [2.45, 2.75) is 37.6 Å². The van der Waals surface area contributed by atoms with Gasteiger partial charge in [0, 0.05) is 34.2 Å². The molecule has 4 atom stereocenters. The van der Waals surface area contributed by atoms with Crippen molar-refractivity contribution in [2.75, 3.05) is 5.08 Å². The topological polar surface area (TPSA) is 123 Å². The number of carbonyl (C=O) groups excluding carboxylic acids is 2. The Kier molecular flexibility index (Phi) is 7.24. The maximum atomic E-state index is 13.1. The van der Waals surface area contributed by atoms with Crippen LogP contribution in [0.1, 0.15) is 19.4 Å². The van der Waals surface area contributed by atoms with Gasteiger partial charge in [0.2, 0.25) is 5.91 Å². The molecule has 178 valence electrons. The fourth-order valence-electron chi connectivity index (χ4n) is 4.22. The van der Waals surface area contributed by atoms with Crippen molar-refractivity contribution in [2.24, 2.45) is 11.8 Å². The molecule has 0 radical (unpaired) electrons. The molecular weight excluding hydrogens is 478 g/mol. The summed E-state index contributed by atoms with van der Waals surface area (Å²) < 4.78 is 5.50. The molecule has 34 heavy (non-hydrogen) atoms. The molecular formula is C23H23N3O6S2. The van der Waals surface area contributed by atoms with Crippen molar-refractivity contribution in [3.8, 4) is 0 Å². The zero-order chi connectivity index (χ0) is 24.4. The molecule has 0 saturated carbocycles. The lowest BCUT2D eigenvalue weighted by Crippen LogP contribution is -2.63. The Morgan fingerprint density at radius 3 is 2.62 bits per heavy atom. The first-order valence-corrected chi connectivity index (χ1v) is 12.6. The summed E-state index contributed by atoms with van der Waals surface area (Å²) in [6.45, 7) is 3.45. The molecule has 2 aliphatic heterocycles. The number of hydrogen-bond donors (Lipinski definition) is 1. The van der Waals surface area contributed by atoms with Gasteiger partial charge in [-0.2, -0.15) is 0 Å². The van der Waals surface area contributed by atoms with Crippen molar-refractivity contribution in [3.05, 3.63) is 74.9 Å². The minimum Gasteiger partial charge on any atom is -0.456 e. The number of rotatable bonds is 9. The van der Waals surface area contributed by atoms with E-state index in [4.69, 9.17) is 4.74 Å². The summed E-state index contributed by atoms with van der Waals surface area (Å²) in [7, 11) is 0. The van der Waals surface area contributed by atoms with E-state index in [9.17, 15) is 24.8 Å². The van der Waals surface area contributed by atoms with Gasteiger partial charge in [-0.3, -0.25) is 14.9 Å². The predicted molar refractivity (Wildman–Crippen MR) is 127 cm³/mol. The zero-order valence-electron chi connectivity index (χ0n) is 18.5. The zero-order valence-corrected chi connectivity index (χ0v) is 20.1. The van der Waals surface area contributed by atoms with Crippen LogP contribution in [0.25, 0.3) is 0 Å². The molecule has 1 aromatic carbocycles. The van der Waals surface area contributed by atoms with E-state index in [2.05, 4.69) is 4.98 Å². The summed E-state index contributed by atoms with van der Waals surface area (Å²) in [6.07, 6.45) is 0.893. The van der Waals surface area contributed by atoms with Crippen LogP contribution in [0.3, 0.4) is 0 Å². The molecule has 2 aliphatic rings. The average molecular weight is 502 g/mol. The van der Waals surface area contributed by atoms with Crippen LogP contribution >= 0.6 is 23.5 Å². The van der Waals surface area contributed by atoms with Crippen molar-refractivity contribution >= 4 is 41.1 Å². The largest absolute Gasteiger partial charge is 0.456 e. The average Bonchev–Trinajstić information content (AvgIpc) is 3.06. The molecule has 1 fully saturated rings. The molecule has 9 nitrogen and oxygen atoms in total. The number of nitrogens with zero attached hydrogens (tertiary/aromatic N) is 3. The fraction of sp³-hybridized carbons (Fsp3) is 0.348. The van der Waals surface area contributed by atoms with Crippen LogP contribution in [-0.4, -0.2) is 49.0 Å². The number of ether oxygens (including phenoxy) is 1. The van der Waals surface area contributed by atoms with Crippen LogP contribution in [0.5, 0.6) is 0 Å². The highest BCUT2D eigenvalue weighted by atomic mass is 32.2. The Balaban J connectivity index is 1.51. The third kappa shape index (κ3) is 4.68. The molecule has 1 amide bonds. The first-order chi connectivity index (χ1) is 16.3. The minimum absolute atomic E-state index is 0.0512. The number of aliphatic hydroxyl groups excluding tert-OH is 1. The number of nitro groups is 1. The van der Waals surface area contributed by atoms with Gasteiger partial charge in [-0.05, 0) is 36.8 Å². The van der Waals surface area contributed by atoms with Gasteiger partial charge in [-0.1, -0.05) is 24.8 Å². The van der Waals surface area contributed by atoms with Crippen LogP contribution in [0.15, 0.2) is 64.3 Å². The number of aliphatic hydroxyl groups is 1. The summed E-state index contributed by atoms with van der Waals surface area (Å²) in [6, 6.07) is 11.1. The normalized spacial score (nSPS) is 22.3. The smallest absolute Gasteiger partial charge is 0.356 e. The Morgan fingerprint density at radius 1 is 1.26 bits per heavy atom. The van der Waals surface area contributed by atoms with E-state index in [0.717, 1.165) is 9.93 Å². The van der Waals surface area contributed by atoms with Crippen LogP contribution in [0, 0.1) is 22.0 Å². The molecule has 1 aromatic heterocycles. The van der Waals surface area contributed by atoms with Gasteiger partial charge in [0.1, 0.15) is 12.3 Å². The Hall–Kier alpha value is -2.89. The fourth-order valence-corrected chi connectivity index (χ4v) is 6.48. The first kappa shape index (κ1) is 24.2. The lowest BCUT2D eigenvalue weighted by Gasteiger charge is -2.46. The van der Waals surface area contributed by atoms with Crippen LogP contribution in [-0.2, 0) is 20.9 Å². The third-order valence-electron chi connectivity index (χ3n) is 5.88. The molecule has 11 heteroatoms. The number of non-ortho nitro benzene ring substituents is 1. The second-order valence-corrected chi connectivity index (χ2v) is 10.4. The van der Waals surface area contributed by atoms with Gasteiger partial charge >= 0.3 is 5.97 Å². The van der Waals surface area contributed by atoms with Crippen LogP contribution < -0.4 is 0 Å². The van der Waals surface area contributed by atoms with Gasteiger partial charge in [0.25, 0.3) is 5.69 Å². The lowest BCUT2D eigenvalue weighted by molar-refractivity contribution is -0.384. The summed E-state index contributed by atoms with van der Waals surface area (Å²) in [4.78, 5) is 42.7. The molecule has 1 saturated heterocycles. The third-order valence-corrected chi connectivity index (χ3v) is 8.23. The second kappa shape index (κ2) is 10.2. The number of aromatic nitrogens is 1. The maximum Gasteiger partial charge on any atom is 0.356 e. The number of nitro benzene ring substituents is 1. The highest BCUT2D eigenvalue weighted by Crippen LogP contribution is 2.51. The van der Waals surface area contributed by atoms with Crippen molar-refractivity contribution in [3.63, 3.8) is 0 Å². The molecule has 0 unspecified atom stereocenters. The van der Waals surface area contributed by atoms with Gasteiger partial charge in [0.15, 0.2) is 0 Å². The number of β-lactam (4-membered cyclic amide) rings is 1. The summed E-state index contributed by atoms with van der Waals surface area (Å²) in [5.74, 6) is -1.61. The minimum atomic E-state index is -0.819. The lowest BCUT2D eigenvalue weighted by atomic mass is 9.79. The maximum absolute atomic E-state index is 13.1. The van der Waals surface area contributed by atoms with E-state index in [0.29, 0.717) is 10.6 Å². The van der Waals surface area contributed by atoms with Gasteiger partial charge in [-0.15, -0.1) is 11.8 Å². The van der Waals surface area contributed by atoms with Gasteiger partial charge in [-0.25, -0.2) is 9.78 Å². The van der Waals surface area contributed by atoms with Crippen molar-refractivity contribution in [1.82, 2.24) is 9.88 Å². The molecule has 3 heterocycles. The standard InChI is InChI=1S/C23H23N3O6S2/c1-13-19-18(14(2)27)22(28)25(19)20(21(13)34-12-33-17-5-3-4-10-24-17)23(29)32-11-15-6-8-16(9-7-15)26(30)31/h3-10,13-14,18-19,27H,11-12H2,1-2H3/t13-,14-,18-,19-/m1/s1. The Bertz CT molecular complexity index is 1120. The summed E-state index contributed by atoms with van der Waals surface area (Å²) in [5.41, 5.74) is 0.761. The molecule has 0 spiro atoms. The number of thioether (sulfide) groups is 2. The highest BCUT2D eigenvalue weighted by molar-refractivity contribution is 8.17. The molecule has 0 bridgehead atoms. The molecule has 0 aliphatic carbocycles. The van der Waals surface area contributed by atoms with E-state index < -0.39 is 22.9 Å².